The summed E-state index contributed by atoms with van der Waals surface area (Å²) in [4.78, 5) is 18.9. The molecule has 5 aromatic rings. The number of halogens is 3. The summed E-state index contributed by atoms with van der Waals surface area (Å²) in [6.45, 7) is 0. The van der Waals surface area contributed by atoms with Crippen molar-refractivity contribution in [3.8, 4) is 22.8 Å². The van der Waals surface area contributed by atoms with E-state index in [2.05, 4.69) is 15.9 Å². The van der Waals surface area contributed by atoms with Gasteiger partial charge in [0.25, 0.3) is 5.56 Å². The minimum atomic E-state index is -0.227. The molecule has 0 spiro atoms. The summed E-state index contributed by atoms with van der Waals surface area (Å²) in [7, 11) is 0. The number of nitrogens with zero attached hydrogens (tertiary/aromatic N) is 4. The molecule has 5 rings (SSSR count). The fourth-order valence-corrected chi connectivity index (χ4v) is 4.92. The van der Waals surface area contributed by atoms with Gasteiger partial charge in [0.15, 0.2) is 11.5 Å². The predicted octanol–water partition coefficient (Wildman–Crippen LogP) is 7.03. The molecule has 0 aliphatic carbocycles. The van der Waals surface area contributed by atoms with Crippen LogP contribution in [0, 0.1) is 0 Å². The van der Waals surface area contributed by atoms with Gasteiger partial charge in [0.1, 0.15) is 10.4 Å². The Hall–Kier alpha value is -2.58. The van der Waals surface area contributed by atoms with E-state index < -0.39 is 0 Å². The van der Waals surface area contributed by atoms with Gasteiger partial charge in [-0.2, -0.15) is 5.10 Å². The number of para-hydroxylation sites is 1. The largest absolute Gasteiger partial charge is 0.270 e. The van der Waals surface area contributed by atoms with E-state index in [4.69, 9.17) is 33.3 Å². The number of hydrogen-bond acceptors (Lipinski definition) is 4. The molecule has 0 radical (unpaired) electrons. The normalized spacial score (nSPS) is 11.3. The first-order valence-electron chi connectivity index (χ1n) is 9.84. The van der Waals surface area contributed by atoms with Crippen LogP contribution in [0.2, 0.25) is 10.0 Å². The summed E-state index contributed by atoms with van der Waals surface area (Å²) >= 11 is 17.6. The van der Waals surface area contributed by atoms with Crippen LogP contribution in [0.15, 0.2) is 87.1 Å². The highest BCUT2D eigenvalue weighted by Crippen LogP contribution is 2.33. The van der Waals surface area contributed by atoms with Gasteiger partial charge in [0, 0.05) is 15.1 Å². The first-order valence-corrected chi connectivity index (χ1v) is 12.6. The Labute approximate surface area is 212 Å². The van der Waals surface area contributed by atoms with Gasteiger partial charge in [-0.15, -0.1) is 11.8 Å². The molecule has 164 valence electrons. The van der Waals surface area contributed by atoms with E-state index in [0.717, 1.165) is 10.2 Å². The van der Waals surface area contributed by atoms with Gasteiger partial charge in [0.05, 0.1) is 16.4 Å². The molecule has 0 atom stereocenters. The standard InChI is InChI=1S/C24H15BrCl2N4OS/c1-33-23-20-22(31(29-23)17-5-3-2-4-6-17)28-21(18-12-9-15(26)13-19(18)27)30(24(20)32)16-10-7-14(25)8-11-16/h2-13H,1H3. The zero-order chi connectivity index (χ0) is 23.1. The molecule has 0 aliphatic heterocycles. The van der Waals surface area contributed by atoms with E-state index in [-0.39, 0.29) is 5.56 Å². The Bertz CT molecular complexity index is 1550. The number of hydrogen-bond donors (Lipinski definition) is 0. The predicted molar refractivity (Wildman–Crippen MR) is 139 cm³/mol. The summed E-state index contributed by atoms with van der Waals surface area (Å²) in [6, 6.07) is 22.2. The molecule has 33 heavy (non-hydrogen) atoms. The van der Waals surface area contributed by atoms with E-state index in [0.29, 0.717) is 43.2 Å². The second kappa shape index (κ2) is 8.99. The Morgan fingerprint density at radius 3 is 2.33 bits per heavy atom. The van der Waals surface area contributed by atoms with Crippen LogP contribution in [-0.2, 0) is 0 Å². The smallest absolute Gasteiger partial charge is 0.268 e. The van der Waals surface area contributed by atoms with Crippen molar-refractivity contribution in [3.63, 3.8) is 0 Å². The molecule has 0 unspecified atom stereocenters. The Balaban J connectivity index is 1.93. The van der Waals surface area contributed by atoms with E-state index in [1.165, 1.54) is 11.8 Å². The fourth-order valence-electron chi connectivity index (χ4n) is 3.61. The highest BCUT2D eigenvalue weighted by molar-refractivity contribution is 9.10. The fraction of sp³-hybridized carbons (Fsp3) is 0.0417. The molecule has 0 aliphatic rings. The number of rotatable bonds is 4. The van der Waals surface area contributed by atoms with Crippen LogP contribution in [0.5, 0.6) is 0 Å². The Morgan fingerprint density at radius 2 is 1.67 bits per heavy atom. The SMILES string of the molecule is CSc1nn(-c2ccccc2)c2nc(-c3ccc(Cl)cc3Cl)n(-c3ccc(Br)cc3)c(=O)c12. The van der Waals surface area contributed by atoms with E-state index in [1.54, 1.807) is 27.4 Å². The maximum atomic E-state index is 14.0. The van der Waals surface area contributed by atoms with E-state index >= 15 is 0 Å². The molecule has 9 heteroatoms. The molecule has 0 fully saturated rings. The van der Waals surface area contributed by atoms with Crippen molar-refractivity contribution < 1.29 is 0 Å². The average molecular weight is 558 g/mol. The topological polar surface area (TPSA) is 52.7 Å². The molecule has 0 N–H and O–H groups in total. The third kappa shape index (κ3) is 3.99. The first-order chi connectivity index (χ1) is 16.0. The summed E-state index contributed by atoms with van der Waals surface area (Å²) in [6.07, 6.45) is 1.89. The lowest BCUT2D eigenvalue weighted by molar-refractivity contribution is 0.851. The number of thioether (sulfide) groups is 1. The van der Waals surface area contributed by atoms with Crippen molar-refractivity contribution >= 4 is 61.9 Å². The highest BCUT2D eigenvalue weighted by atomic mass is 79.9. The maximum Gasteiger partial charge on any atom is 0.270 e. The van der Waals surface area contributed by atoms with Crippen LogP contribution in [0.1, 0.15) is 0 Å². The summed E-state index contributed by atoms with van der Waals surface area (Å²) < 4.78 is 4.17. The third-order valence-corrected chi connectivity index (χ3v) is 6.87. The van der Waals surface area contributed by atoms with Gasteiger partial charge in [-0.3, -0.25) is 9.36 Å². The third-order valence-electron chi connectivity index (χ3n) is 5.12. The summed E-state index contributed by atoms with van der Waals surface area (Å²) in [5.74, 6) is 0.404. The van der Waals surface area contributed by atoms with Crippen LogP contribution >= 0.6 is 50.9 Å². The molecule has 5 nitrogen and oxygen atoms in total. The second-order valence-corrected chi connectivity index (χ2v) is 9.69. The van der Waals surface area contributed by atoms with Crippen molar-refractivity contribution in [1.29, 1.82) is 0 Å². The first kappa shape index (κ1) is 22.2. The molecular formula is C24H15BrCl2N4OS. The van der Waals surface area contributed by atoms with Gasteiger partial charge in [-0.25, -0.2) is 9.67 Å². The maximum absolute atomic E-state index is 14.0. The molecule has 0 saturated heterocycles. The molecule has 0 amide bonds. The van der Waals surface area contributed by atoms with E-state index in [9.17, 15) is 4.79 Å². The minimum Gasteiger partial charge on any atom is -0.268 e. The molecule has 0 bridgehead atoms. The van der Waals surface area contributed by atoms with E-state index in [1.807, 2.05) is 60.9 Å². The summed E-state index contributed by atoms with van der Waals surface area (Å²) in [5.41, 5.74) is 2.30. The van der Waals surface area contributed by atoms with Crippen molar-refractivity contribution in [3.05, 3.63) is 97.7 Å². The van der Waals surface area contributed by atoms with Gasteiger partial charge in [0.2, 0.25) is 0 Å². The second-order valence-electron chi connectivity index (χ2n) is 7.13. The number of benzene rings is 3. The van der Waals surface area contributed by atoms with Crippen molar-refractivity contribution in [2.45, 2.75) is 5.03 Å². The molecule has 3 aromatic carbocycles. The van der Waals surface area contributed by atoms with Crippen LogP contribution in [0.4, 0.5) is 0 Å². The Morgan fingerprint density at radius 1 is 0.939 bits per heavy atom. The van der Waals surface area contributed by atoms with Crippen molar-refractivity contribution in [1.82, 2.24) is 19.3 Å². The lowest BCUT2D eigenvalue weighted by atomic mass is 10.2. The Kier molecular flexibility index (Phi) is 6.05. The number of fused-ring (bicyclic) bond motifs is 1. The van der Waals surface area contributed by atoms with Crippen LogP contribution in [0.25, 0.3) is 33.8 Å². The van der Waals surface area contributed by atoms with Crippen molar-refractivity contribution in [2.75, 3.05) is 6.26 Å². The molecular weight excluding hydrogens is 543 g/mol. The zero-order valence-electron chi connectivity index (χ0n) is 17.2. The minimum absolute atomic E-state index is 0.227. The molecule has 0 saturated carbocycles. The summed E-state index contributed by atoms with van der Waals surface area (Å²) in [5, 5.41) is 6.65. The van der Waals surface area contributed by atoms with Crippen LogP contribution in [-0.4, -0.2) is 25.6 Å². The molecule has 2 aromatic heterocycles. The van der Waals surface area contributed by atoms with Crippen molar-refractivity contribution in [2.24, 2.45) is 0 Å². The van der Waals surface area contributed by atoms with Crippen LogP contribution in [0.3, 0.4) is 0 Å². The number of aromatic nitrogens is 4. The lowest BCUT2D eigenvalue weighted by Crippen LogP contribution is -2.22. The quantitative estimate of drug-likeness (QED) is 0.223. The van der Waals surface area contributed by atoms with Gasteiger partial charge >= 0.3 is 0 Å². The van der Waals surface area contributed by atoms with Gasteiger partial charge in [-0.1, -0.05) is 57.3 Å². The highest BCUT2D eigenvalue weighted by Gasteiger charge is 2.23. The molecule has 2 heterocycles. The van der Waals surface area contributed by atoms with Gasteiger partial charge in [-0.05, 0) is 60.9 Å². The average Bonchev–Trinajstić information content (AvgIpc) is 3.19. The monoisotopic (exact) mass is 556 g/mol. The van der Waals surface area contributed by atoms with Gasteiger partial charge < -0.3 is 0 Å². The zero-order valence-corrected chi connectivity index (χ0v) is 21.1. The lowest BCUT2D eigenvalue weighted by Gasteiger charge is -2.15. The van der Waals surface area contributed by atoms with Crippen LogP contribution < -0.4 is 5.56 Å².